The highest BCUT2D eigenvalue weighted by Gasteiger charge is 2.33. The van der Waals surface area contributed by atoms with Crippen molar-refractivity contribution in [3.8, 4) is 0 Å². The van der Waals surface area contributed by atoms with Gasteiger partial charge in [-0.3, -0.25) is 0 Å². The Hall–Kier alpha value is -0.950. The van der Waals surface area contributed by atoms with Gasteiger partial charge in [-0.1, -0.05) is 6.92 Å². The molecule has 1 aromatic carbocycles. The van der Waals surface area contributed by atoms with Crippen molar-refractivity contribution in [1.29, 1.82) is 0 Å². The molecule has 7 heteroatoms. The van der Waals surface area contributed by atoms with Crippen LogP contribution in [-0.4, -0.2) is 16.0 Å². The minimum Gasteiger partial charge on any atom is -0.242 e. The summed E-state index contributed by atoms with van der Waals surface area (Å²) in [6.45, 7) is 5.20. The Morgan fingerprint density at radius 1 is 1.24 bits per heavy atom. The van der Waals surface area contributed by atoms with Crippen molar-refractivity contribution in [1.82, 2.24) is 4.72 Å². The second-order valence-corrected chi connectivity index (χ2v) is 7.66. The molecule has 0 saturated carbocycles. The third-order valence-corrected chi connectivity index (χ3v) is 4.84. The number of hydrogen-bond donors (Lipinski definition) is 1. The van der Waals surface area contributed by atoms with E-state index in [1.165, 1.54) is 0 Å². The monoisotopic (exact) mass is 325 g/mol. The Labute approximate surface area is 124 Å². The third-order valence-electron chi connectivity index (χ3n) is 3.30. The van der Waals surface area contributed by atoms with Gasteiger partial charge in [0.05, 0.1) is 21.3 Å². The van der Waals surface area contributed by atoms with Crippen LogP contribution in [0.5, 0.6) is 0 Å². The van der Waals surface area contributed by atoms with Crippen LogP contribution in [0, 0.1) is 5.82 Å². The van der Waals surface area contributed by atoms with Crippen molar-refractivity contribution in [2.75, 3.05) is 7.05 Å². The summed E-state index contributed by atoms with van der Waals surface area (Å²) in [5, 5.41) is 0. The lowest BCUT2D eigenvalue weighted by molar-refractivity contribution is -0.137. The zero-order chi connectivity index (χ0) is 16.4. The molecule has 2 nitrogen and oxygen atoms in total. The number of halogens is 4. The van der Waals surface area contributed by atoms with Crippen molar-refractivity contribution in [2.45, 2.75) is 44.0 Å². The average Bonchev–Trinajstić information content (AvgIpc) is 2.35. The summed E-state index contributed by atoms with van der Waals surface area (Å²) in [6, 6.07) is 2.53. The van der Waals surface area contributed by atoms with E-state index in [1.54, 1.807) is 27.8 Å². The maximum Gasteiger partial charge on any atom is 0.416 e. The number of nitrogens with one attached hydrogen (secondary N) is 1. The van der Waals surface area contributed by atoms with Gasteiger partial charge in [-0.25, -0.2) is 13.3 Å². The van der Waals surface area contributed by atoms with Gasteiger partial charge in [0.15, 0.2) is 0 Å². The molecule has 0 aliphatic heterocycles. The van der Waals surface area contributed by atoms with Crippen LogP contribution >= 0.6 is 0 Å². The van der Waals surface area contributed by atoms with E-state index in [0.29, 0.717) is 12.5 Å². The maximum atomic E-state index is 13.4. The standard InChI is InChI=1S/C14H19F4NOS/c1-9(8-13(2,3)21(20)19-4)10-5-11(14(16,17)18)7-12(15)6-10/h5-7,9,19H,8H2,1-4H3/t9-,21?/m0/s1. The molecule has 1 N–H and O–H groups in total. The molecule has 1 aromatic rings. The fraction of sp³-hybridized carbons (Fsp3) is 0.571. The maximum absolute atomic E-state index is 13.4. The van der Waals surface area contributed by atoms with E-state index < -0.39 is 33.3 Å². The topological polar surface area (TPSA) is 29.1 Å². The molecular weight excluding hydrogens is 306 g/mol. The smallest absolute Gasteiger partial charge is 0.242 e. The van der Waals surface area contributed by atoms with Crippen LogP contribution in [0.15, 0.2) is 18.2 Å². The lowest BCUT2D eigenvalue weighted by Gasteiger charge is -2.27. The minimum atomic E-state index is -4.58. The Kier molecular flexibility index (Phi) is 5.55. The fourth-order valence-corrected chi connectivity index (χ4v) is 3.22. The molecule has 0 aliphatic carbocycles. The Morgan fingerprint density at radius 2 is 1.81 bits per heavy atom. The summed E-state index contributed by atoms with van der Waals surface area (Å²) in [7, 11) is 0.223. The number of rotatable bonds is 5. The first-order valence-electron chi connectivity index (χ1n) is 6.44. The van der Waals surface area contributed by atoms with Crippen LogP contribution in [0.4, 0.5) is 17.6 Å². The van der Waals surface area contributed by atoms with Gasteiger partial charge in [-0.05, 0) is 57.0 Å². The lowest BCUT2D eigenvalue weighted by Crippen LogP contribution is -2.35. The van der Waals surface area contributed by atoms with E-state index in [0.717, 1.165) is 12.1 Å². The van der Waals surface area contributed by atoms with Gasteiger partial charge in [0, 0.05) is 0 Å². The molecule has 0 radical (unpaired) electrons. The van der Waals surface area contributed by atoms with E-state index in [9.17, 15) is 21.8 Å². The van der Waals surface area contributed by atoms with E-state index in [4.69, 9.17) is 0 Å². The van der Waals surface area contributed by atoms with E-state index in [1.807, 2.05) is 0 Å². The molecule has 0 heterocycles. The SMILES string of the molecule is CNS(=O)C(C)(C)C[C@H](C)c1cc(F)cc(C(F)(F)F)c1. The van der Waals surface area contributed by atoms with E-state index >= 15 is 0 Å². The Morgan fingerprint density at radius 3 is 2.29 bits per heavy atom. The fourth-order valence-electron chi connectivity index (χ4n) is 2.27. The number of benzene rings is 1. The third kappa shape index (κ3) is 4.78. The summed E-state index contributed by atoms with van der Waals surface area (Å²) < 4.78 is 65.4. The highest BCUT2D eigenvalue weighted by molar-refractivity contribution is 7.84. The van der Waals surface area contributed by atoms with Gasteiger partial charge in [0.25, 0.3) is 0 Å². The molecule has 2 atom stereocenters. The Balaban J connectivity index is 3.06. The summed E-state index contributed by atoms with van der Waals surface area (Å²) in [4.78, 5) is 0. The largest absolute Gasteiger partial charge is 0.416 e. The van der Waals surface area contributed by atoms with Gasteiger partial charge in [0.2, 0.25) is 0 Å². The number of hydrogen-bond acceptors (Lipinski definition) is 1. The van der Waals surface area contributed by atoms with Gasteiger partial charge in [-0.15, -0.1) is 0 Å². The summed E-state index contributed by atoms with van der Waals surface area (Å²) in [5.74, 6) is -1.27. The second kappa shape index (κ2) is 6.44. The number of alkyl halides is 3. The lowest BCUT2D eigenvalue weighted by atomic mass is 9.90. The van der Waals surface area contributed by atoms with Gasteiger partial charge < -0.3 is 0 Å². The molecule has 0 aromatic heterocycles. The first-order chi connectivity index (χ1) is 9.47. The second-order valence-electron chi connectivity index (χ2n) is 5.61. The molecule has 0 bridgehead atoms. The van der Waals surface area contributed by atoms with Crippen molar-refractivity contribution in [3.63, 3.8) is 0 Å². The highest BCUT2D eigenvalue weighted by atomic mass is 32.2. The van der Waals surface area contributed by atoms with Crippen molar-refractivity contribution in [3.05, 3.63) is 35.1 Å². The molecule has 0 aliphatic rings. The van der Waals surface area contributed by atoms with Crippen molar-refractivity contribution >= 4 is 11.0 Å². The molecule has 21 heavy (non-hydrogen) atoms. The highest BCUT2D eigenvalue weighted by Crippen LogP contribution is 2.34. The van der Waals surface area contributed by atoms with Crippen molar-refractivity contribution < 1.29 is 21.8 Å². The van der Waals surface area contributed by atoms with Crippen molar-refractivity contribution in [2.24, 2.45) is 0 Å². The normalized spacial score (nSPS) is 15.8. The van der Waals surface area contributed by atoms with E-state index in [-0.39, 0.29) is 11.5 Å². The van der Waals surface area contributed by atoms with Gasteiger partial charge >= 0.3 is 6.18 Å². The van der Waals surface area contributed by atoms with E-state index in [2.05, 4.69) is 4.72 Å². The molecule has 0 saturated heterocycles. The average molecular weight is 325 g/mol. The van der Waals surface area contributed by atoms with Crippen LogP contribution in [0.3, 0.4) is 0 Å². The summed E-state index contributed by atoms with van der Waals surface area (Å²) in [6.07, 6.45) is -4.22. The molecule has 0 fully saturated rings. The van der Waals surface area contributed by atoms with Crippen LogP contribution < -0.4 is 4.72 Å². The van der Waals surface area contributed by atoms with Crippen LogP contribution in [0.1, 0.15) is 44.2 Å². The molecule has 1 rings (SSSR count). The quantitative estimate of drug-likeness (QED) is 0.815. The predicted octanol–water partition coefficient (Wildman–Crippen LogP) is 4.00. The Bertz CT molecular complexity index is 528. The summed E-state index contributed by atoms with van der Waals surface area (Å²) in [5.41, 5.74) is -0.750. The first-order valence-corrected chi connectivity index (χ1v) is 7.59. The molecule has 0 amide bonds. The van der Waals surface area contributed by atoms with Gasteiger partial charge in [0.1, 0.15) is 5.82 Å². The molecule has 1 unspecified atom stereocenters. The molecule has 120 valence electrons. The summed E-state index contributed by atoms with van der Waals surface area (Å²) >= 11 is 0. The van der Waals surface area contributed by atoms with Gasteiger partial charge in [-0.2, -0.15) is 13.2 Å². The molecular formula is C14H19F4NOS. The zero-order valence-corrected chi connectivity index (χ0v) is 13.2. The predicted molar refractivity (Wildman–Crippen MR) is 75.7 cm³/mol. The van der Waals surface area contributed by atoms with Crippen LogP contribution in [0.25, 0.3) is 0 Å². The van der Waals surface area contributed by atoms with Crippen LogP contribution in [-0.2, 0) is 17.2 Å². The zero-order valence-electron chi connectivity index (χ0n) is 12.3. The molecule has 0 spiro atoms. The minimum absolute atomic E-state index is 0.253. The first kappa shape index (κ1) is 18.1. The van der Waals surface area contributed by atoms with Crippen LogP contribution in [0.2, 0.25) is 0 Å².